The molecular weight excluding hydrogens is 206 g/mol. The highest BCUT2D eigenvalue weighted by Gasteiger charge is 2.23. The van der Waals surface area contributed by atoms with E-state index in [0.717, 1.165) is 19.5 Å². The number of aromatic nitrogens is 2. The zero-order valence-corrected chi connectivity index (χ0v) is 9.62. The summed E-state index contributed by atoms with van der Waals surface area (Å²) >= 11 is 0. The van der Waals surface area contributed by atoms with Crippen molar-refractivity contribution in [2.24, 2.45) is 5.92 Å². The van der Waals surface area contributed by atoms with Gasteiger partial charge < -0.3 is 15.0 Å². The van der Waals surface area contributed by atoms with Crippen LogP contribution >= 0.6 is 0 Å². The van der Waals surface area contributed by atoms with Crippen LogP contribution in [0.15, 0.2) is 10.9 Å². The molecule has 0 radical (unpaired) electrons. The minimum atomic E-state index is -0.168. The maximum atomic E-state index is 11.2. The molecule has 0 aliphatic carbocycles. The lowest BCUT2D eigenvalue weighted by atomic mass is 9.97. The highest BCUT2D eigenvalue weighted by Crippen LogP contribution is 2.16. The van der Waals surface area contributed by atoms with E-state index in [2.05, 4.69) is 22.2 Å². The van der Waals surface area contributed by atoms with Gasteiger partial charge in [-0.15, -0.1) is 0 Å². The first-order valence-electron chi connectivity index (χ1n) is 5.60. The number of ether oxygens (including phenoxy) is 1. The fourth-order valence-corrected chi connectivity index (χ4v) is 1.89. The Balaban J connectivity index is 2.10. The maximum absolute atomic E-state index is 11.2. The quantitative estimate of drug-likeness (QED) is 0.764. The molecule has 1 aromatic heterocycles. The molecule has 2 unspecified atom stereocenters. The largest absolute Gasteiger partial charge is 0.473 e. The summed E-state index contributed by atoms with van der Waals surface area (Å²) < 4.78 is 5.74. The lowest BCUT2D eigenvalue weighted by Crippen LogP contribution is -2.43. The minimum absolute atomic E-state index is 0.0995. The van der Waals surface area contributed by atoms with E-state index in [-0.39, 0.29) is 11.7 Å². The lowest BCUT2D eigenvalue weighted by Gasteiger charge is -2.29. The van der Waals surface area contributed by atoms with Crippen LogP contribution in [0.1, 0.15) is 19.2 Å². The van der Waals surface area contributed by atoms with Gasteiger partial charge in [0, 0.05) is 6.54 Å². The summed E-state index contributed by atoms with van der Waals surface area (Å²) in [5.41, 5.74) is -0.168. The first-order chi connectivity index (χ1) is 7.65. The predicted octanol–water partition coefficient (Wildman–Crippen LogP) is 0.455. The van der Waals surface area contributed by atoms with E-state index in [9.17, 15) is 4.79 Å². The van der Waals surface area contributed by atoms with Gasteiger partial charge in [0.25, 0.3) is 5.56 Å². The van der Waals surface area contributed by atoms with E-state index in [1.54, 1.807) is 6.92 Å². The molecule has 5 nitrogen and oxygen atoms in total. The summed E-state index contributed by atoms with van der Waals surface area (Å²) in [6, 6.07) is 1.40. The van der Waals surface area contributed by atoms with Crippen molar-refractivity contribution in [2.75, 3.05) is 13.1 Å². The second kappa shape index (κ2) is 4.65. The van der Waals surface area contributed by atoms with Gasteiger partial charge in [0.15, 0.2) is 0 Å². The van der Waals surface area contributed by atoms with Gasteiger partial charge in [-0.3, -0.25) is 4.79 Å². The van der Waals surface area contributed by atoms with E-state index in [1.165, 1.54) is 6.07 Å². The smallest absolute Gasteiger partial charge is 0.254 e. The molecule has 88 valence electrons. The van der Waals surface area contributed by atoms with Crippen molar-refractivity contribution in [3.05, 3.63) is 22.2 Å². The molecular formula is C11H17N3O2. The van der Waals surface area contributed by atoms with Crippen molar-refractivity contribution in [1.82, 2.24) is 15.3 Å². The predicted molar refractivity (Wildman–Crippen MR) is 60.7 cm³/mol. The van der Waals surface area contributed by atoms with Crippen molar-refractivity contribution in [1.29, 1.82) is 0 Å². The molecule has 2 heterocycles. The summed E-state index contributed by atoms with van der Waals surface area (Å²) in [4.78, 5) is 18.0. The fourth-order valence-electron chi connectivity index (χ4n) is 1.89. The molecule has 0 spiro atoms. The van der Waals surface area contributed by atoms with Crippen LogP contribution in [0.3, 0.4) is 0 Å². The van der Waals surface area contributed by atoms with Gasteiger partial charge in [-0.25, -0.2) is 4.98 Å². The molecule has 0 amide bonds. The monoisotopic (exact) mass is 223 g/mol. The number of nitrogens with zero attached hydrogens (tertiary/aromatic N) is 1. The third-order valence-electron chi connectivity index (χ3n) is 2.87. The average Bonchev–Trinajstić information content (AvgIpc) is 2.20. The zero-order valence-electron chi connectivity index (χ0n) is 9.62. The van der Waals surface area contributed by atoms with Gasteiger partial charge in [-0.05, 0) is 25.8 Å². The van der Waals surface area contributed by atoms with Crippen LogP contribution in [0.4, 0.5) is 0 Å². The van der Waals surface area contributed by atoms with Gasteiger partial charge in [-0.2, -0.15) is 0 Å². The van der Waals surface area contributed by atoms with Crippen LogP contribution in [-0.4, -0.2) is 29.2 Å². The van der Waals surface area contributed by atoms with Crippen LogP contribution in [0, 0.1) is 12.8 Å². The zero-order chi connectivity index (χ0) is 11.5. The van der Waals surface area contributed by atoms with Gasteiger partial charge in [0.2, 0.25) is 5.88 Å². The Hall–Kier alpha value is -1.36. The number of hydrogen-bond acceptors (Lipinski definition) is 4. The third-order valence-corrected chi connectivity index (χ3v) is 2.87. The molecule has 1 saturated heterocycles. The van der Waals surface area contributed by atoms with Crippen LogP contribution in [0.5, 0.6) is 5.88 Å². The molecule has 1 aliphatic heterocycles. The van der Waals surface area contributed by atoms with Gasteiger partial charge in [0.05, 0.1) is 6.07 Å². The second-order valence-electron chi connectivity index (χ2n) is 4.30. The number of hydrogen-bond donors (Lipinski definition) is 2. The summed E-state index contributed by atoms with van der Waals surface area (Å²) in [6.07, 6.45) is 1.19. The van der Waals surface area contributed by atoms with Crippen LogP contribution in [0.2, 0.25) is 0 Å². The van der Waals surface area contributed by atoms with E-state index in [0.29, 0.717) is 17.6 Å². The second-order valence-corrected chi connectivity index (χ2v) is 4.30. The molecule has 5 heteroatoms. The van der Waals surface area contributed by atoms with Crippen molar-refractivity contribution in [3.8, 4) is 5.88 Å². The third kappa shape index (κ3) is 2.61. The standard InChI is InChI=1S/C11H17N3O2/c1-7-3-4-12-6-9(7)16-11-5-10(15)13-8(2)14-11/h5,7,9,12H,3-4,6H2,1-2H3,(H,13,14,15). The van der Waals surface area contributed by atoms with Crippen molar-refractivity contribution in [3.63, 3.8) is 0 Å². The number of rotatable bonds is 2. The Morgan fingerprint density at radius 1 is 1.56 bits per heavy atom. The van der Waals surface area contributed by atoms with Gasteiger partial charge >= 0.3 is 0 Å². The molecule has 0 aromatic carbocycles. The molecule has 2 rings (SSSR count). The first kappa shape index (κ1) is 11.1. The molecule has 1 aliphatic rings. The van der Waals surface area contributed by atoms with Crippen molar-refractivity contribution < 1.29 is 4.74 Å². The number of piperidine rings is 1. The minimum Gasteiger partial charge on any atom is -0.473 e. The van der Waals surface area contributed by atoms with E-state index in [4.69, 9.17) is 4.74 Å². The molecule has 0 saturated carbocycles. The highest BCUT2D eigenvalue weighted by molar-refractivity contribution is 5.09. The van der Waals surface area contributed by atoms with Crippen LogP contribution in [0.25, 0.3) is 0 Å². The Labute approximate surface area is 94.2 Å². The molecule has 2 N–H and O–H groups in total. The topological polar surface area (TPSA) is 67.0 Å². The number of aryl methyl sites for hydroxylation is 1. The van der Waals surface area contributed by atoms with Crippen LogP contribution in [-0.2, 0) is 0 Å². The average molecular weight is 223 g/mol. The van der Waals surface area contributed by atoms with Gasteiger partial charge in [-0.1, -0.05) is 6.92 Å². The summed E-state index contributed by atoms with van der Waals surface area (Å²) in [6.45, 7) is 5.75. The van der Waals surface area contributed by atoms with Crippen LogP contribution < -0.4 is 15.6 Å². The Morgan fingerprint density at radius 2 is 2.38 bits per heavy atom. The number of H-pyrrole nitrogens is 1. The number of nitrogens with one attached hydrogen (secondary N) is 2. The Morgan fingerprint density at radius 3 is 3.06 bits per heavy atom. The normalized spacial score (nSPS) is 25.4. The van der Waals surface area contributed by atoms with Crippen molar-refractivity contribution >= 4 is 0 Å². The maximum Gasteiger partial charge on any atom is 0.254 e. The summed E-state index contributed by atoms with van der Waals surface area (Å²) in [5.74, 6) is 1.49. The first-order valence-corrected chi connectivity index (χ1v) is 5.60. The Kier molecular flexibility index (Phi) is 3.24. The SMILES string of the molecule is Cc1nc(OC2CNCCC2C)cc(=O)[nH]1. The van der Waals surface area contributed by atoms with E-state index < -0.39 is 0 Å². The fraction of sp³-hybridized carbons (Fsp3) is 0.636. The molecule has 2 atom stereocenters. The van der Waals surface area contributed by atoms with E-state index >= 15 is 0 Å². The van der Waals surface area contributed by atoms with E-state index in [1.807, 2.05) is 0 Å². The number of aromatic amines is 1. The lowest BCUT2D eigenvalue weighted by molar-refractivity contribution is 0.109. The molecule has 16 heavy (non-hydrogen) atoms. The molecule has 0 bridgehead atoms. The highest BCUT2D eigenvalue weighted by atomic mass is 16.5. The van der Waals surface area contributed by atoms with Gasteiger partial charge in [0.1, 0.15) is 11.9 Å². The Bertz CT molecular complexity index is 416. The molecule has 1 aromatic rings. The summed E-state index contributed by atoms with van der Waals surface area (Å²) in [5, 5.41) is 3.28. The summed E-state index contributed by atoms with van der Waals surface area (Å²) in [7, 11) is 0. The molecule has 1 fully saturated rings. The van der Waals surface area contributed by atoms with Crippen molar-refractivity contribution in [2.45, 2.75) is 26.4 Å².